The van der Waals surface area contributed by atoms with Crippen molar-refractivity contribution < 1.29 is 0 Å². The first-order valence-electron chi connectivity index (χ1n) is 5.82. The van der Waals surface area contributed by atoms with Crippen molar-refractivity contribution >= 4 is 32.2 Å². The highest BCUT2D eigenvalue weighted by molar-refractivity contribution is 7.28. The van der Waals surface area contributed by atoms with E-state index in [1.54, 1.807) is 0 Å². The molecule has 2 aromatic rings. The summed E-state index contributed by atoms with van der Waals surface area (Å²) in [5, 5.41) is 2.62. The summed E-state index contributed by atoms with van der Waals surface area (Å²) in [5.41, 5.74) is 0. The molecular formula is C12H17B3. The highest BCUT2D eigenvalue weighted by atomic mass is 13.9. The standard InChI is InChI=1S/C10H8.C2H9B3/c1-2-6-10-8-4-3-7-9(10)5-1;1-3-5-4-2/h1-8H;3-5H,1-2H3. The average Bonchev–Trinajstić information content (AvgIpc) is 2.31. The molecule has 0 atom stereocenters. The van der Waals surface area contributed by atoms with Crippen LogP contribution in [0.3, 0.4) is 0 Å². The van der Waals surface area contributed by atoms with E-state index in [0.717, 1.165) is 0 Å². The molecule has 0 fully saturated rings. The second kappa shape index (κ2) is 7.22. The van der Waals surface area contributed by atoms with Crippen molar-refractivity contribution in [3.8, 4) is 0 Å². The van der Waals surface area contributed by atoms with E-state index in [1.807, 2.05) is 0 Å². The third-order valence-corrected chi connectivity index (χ3v) is 2.37. The van der Waals surface area contributed by atoms with Crippen LogP contribution in [-0.4, -0.2) is 21.4 Å². The third-order valence-electron chi connectivity index (χ3n) is 2.37. The average molecular weight is 194 g/mol. The Bertz CT molecular complexity index is 320. The minimum atomic E-state index is 1.31. The van der Waals surface area contributed by atoms with Crippen LogP contribution in [0.1, 0.15) is 0 Å². The molecular weight excluding hydrogens is 177 g/mol. The summed E-state index contributed by atoms with van der Waals surface area (Å²) in [7, 11) is 4.08. The quantitative estimate of drug-likeness (QED) is 0.641. The van der Waals surface area contributed by atoms with Gasteiger partial charge in [0.15, 0.2) is 0 Å². The SMILES string of the molecule is CBBBC.c1ccc2ccccc2c1. The Balaban J connectivity index is 0.000000195. The van der Waals surface area contributed by atoms with E-state index in [9.17, 15) is 0 Å². The molecule has 0 N–H and O–H groups in total. The van der Waals surface area contributed by atoms with Crippen molar-refractivity contribution in [2.24, 2.45) is 0 Å². The van der Waals surface area contributed by atoms with Gasteiger partial charge in [0.2, 0.25) is 0 Å². The smallest absolute Gasteiger partial charge is 0.0745 e. The molecule has 0 saturated carbocycles. The first kappa shape index (κ1) is 12.0. The minimum Gasteiger partial charge on any atom is -0.0966 e. The largest absolute Gasteiger partial charge is 0.0966 e. The van der Waals surface area contributed by atoms with Gasteiger partial charge in [0.05, 0.1) is 21.4 Å². The molecule has 0 aliphatic heterocycles. The fourth-order valence-electron chi connectivity index (χ4n) is 1.49. The van der Waals surface area contributed by atoms with Crippen molar-refractivity contribution in [3.05, 3.63) is 48.5 Å². The van der Waals surface area contributed by atoms with E-state index in [1.165, 1.54) is 32.2 Å². The van der Waals surface area contributed by atoms with Gasteiger partial charge in [0.1, 0.15) is 0 Å². The van der Waals surface area contributed by atoms with Gasteiger partial charge >= 0.3 is 0 Å². The van der Waals surface area contributed by atoms with Gasteiger partial charge in [-0.1, -0.05) is 62.2 Å². The molecule has 0 aliphatic rings. The maximum atomic E-state index is 2.21. The van der Waals surface area contributed by atoms with Gasteiger partial charge in [-0.15, -0.1) is 0 Å². The van der Waals surface area contributed by atoms with Gasteiger partial charge in [-0.25, -0.2) is 0 Å². The summed E-state index contributed by atoms with van der Waals surface area (Å²) in [6.45, 7) is 4.42. The van der Waals surface area contributed by atoms with Crippen molar-refractivity contribution in [3.63, 3.8) is 0 Å². The van der Waals surface area contributed by atoms with E-state index in [4.69, 9.17) is 0 Å². The lowest BCUT2D eigenvalue weighted by Gasteiger charge is -1.92. The molecule has 0 radical (unpaired) electrons. The lowest BCUT2D eigenvalue weighted by atomic mass is 9.21. The first-order valence-corrected chi connectivity index (χ1v) is 5.82. The van der Waals surface area contributed by atoms with Crippen LogP contribution in [0, 0.1) is 0 Å². The third kappa shape index (κ3) is 4.29. The monoisotopic (exact) mass is 194 g/mol. The van der Waals surface area contributed by atoms with Gasteiger partial charge in [0, 0.05) is 0 Å². The highest BCUT2D eigenvalue weighted by Crippen LogP contribution is 2.11. The number of benzene rings is 2. The van der Waals surface area contributed by atoms with E-state index in [-0.39, 0.29) is 0 Å². The van der Waals surface area contributed by atoms with Crippen LogP contribution < -0.4 is 0 Å². The van der Waals surface area contributed by atoms with Crippen LogP contribution in [0.15, 0.2) is 48.5 Å². The molecule has 3 heteroatoms. The second-order valence-corrected chi connectivity index (χ2v) is 3.70. The van der Waals surface area contributed by atoms with Gasteiger partial charge in [0.25, 0.3) is 0 Å². The van der Waals surface area contributed by atoms with Crippen molar-refractivity contribution in [1.82, 2.24) is 0 Å². The summed E-state index contributed by atoms with van der Waals surface area (Å²) in [6, 6.07) is 16.7. The van der Waals surface area contributed by atoms with Crippen LogP contribution in [0.5, 0.6) is 0 Å². The molecule has 0 aromatic heterocycles. The molecule has 0 heterocycles. The van der Waals surface area contributed by atoms with Crippen molar-refractivity contribution in [1.29, 1.82) is 0 Å². The molecule has 0 unspecified atom stereocenters. The molecule has 0 amide bonds. The molecule has 2 aromatic carbocycles. The normalized spacial score (nSPS) is 8.67. The second-order valence-electron chi connectivity index (χ2n) is 3.70. The number of rotatable bonds is 2. The lowest BCUT2D eigenvalue weighted by molar-refractivity contribution is 1.75. The van der Waals surface area contributed by atoms with Gasteiger partial charge in [-0.3, -0.25) is 0 Å². The molecule has 0 saturated heterocycles. The van der Waals surface area contributed by atoms with Gasteiger partial charge in [-0.2, -0.15) is 0 Å². The van der Waals surface area contributed by atoms with Crippen LogP contribution in [0.4, 0.5) is 0 Å². The van der Waals surface area contributed by atoms with E-state index in [0.29, 0.717) is 0 Å². The molecule has 74 valence electrons. The predicted molar refractivity (Wildman–Crippen MR) is 77.1 cm³/mol. The Morgan fingerprint density at radius 3 is 1.20 bits per heavy atom. The van der Waals surface area contributed by atoms with Gasteiger partial charge < -0.3 is 0 Å². The number of fused-ring (bicyclic) bond motifs is 1. The zero-order valence-electron chi connectivity index (χ0n) is 9.74. The van der Waals surface area contributed by atoms with E-state index < -0.39 is 0 Å². The fourth-order valence-corrected chi connectivity index (χ4v) is 1.49. The number of hydrogen-bond donors (Lipinski definition) is 0. The zero-order valence-corrected chi connectivity index (χ0v) is 9.74. The predicted octanol–water partition coefficient (Wildman–Crippen LogP) is 2.06. The Labute approximate surface area is 94.8 Å². The highest BCUT2D eigenvalue weighted by Gasteiger charge is 1.85. The van der Waals surface area contributed by atoms with Crippen molar-refractivity contribution in [2.75, 3.05) is 0 Å². The van der Waals surface area contributed by atoms with Crippen molar-refractivity contribution in [2.45, 2.75) is 13.6 Å². The minimum absolute atomic E-state index is 1.31. The summed E-state index contributed by atoms with van der Waals surface area (Å²) in [6.07, 6.45) is 0. The fraction of sp³-hybridized carbons (Fsp3) is 0.167. The Morgan fingerprint density at radius 2 is 1.00 bits per heavy atom. The van der Waals surface area contributed by atoms with Crippen LogP contribution in [-0.2, 0) is 0 Å². The molecule has 0 nitrogen and oxygen atoms in total. The summed E-state index contributed by atoms with van der Waals surface area (Å²) < 4.78 is 0. The maximum absolute atomic E-state index is 2.21. The van der Waals surface area contributed by atoms with E-state index in [2.05, 4.69) is 62.2 Å². The Hall–Kier alpha value is -1.11. The van der Waals surface area contributed by atoms with Crippen LogP contribution in [0.2, 0.25) is 13.6 Å². The molecule has 15 heavy (non-hydrogen) atoms. The molecule has 0 spiro atoms. The van der Waals surface area contributed by atoms with Crippen LogP contribution >= 0.6 is 0 Å². The molecule has 2 rings (SSSR count). The van der Waals surface area contributed by atoms with Crippen LogP contribution in [0.25, 0.3) is 10.8 Å². The first-order chi connectivity index (χ1) is 7.38. The summed E-state index contributed by atoms with van der Waals surface area (Å²) >= 11 is 0. The number of hydrogen-bond acceptors (Lipinski definition) is 0. The summed E-state index contributed by atoms with van der Waals surface area (Å²) in [4.78, 5) is 0. The Morgan fingerprint density at radius 1 is 0.667 bits per heavy atom. The lowest BCUT2D eigenvalue weighted by Crippen LogP contribution is -2.03. The van der Waals surface area contributed by atoms with Gasteiger partial charge in [-0.05, 0) is 10.8 Å². The molecule has 0 bridgehead atoms. The topological polar surface area (TPSA) is 0 Å². The zero-order chi connectivity index (χ0) is 10.9. The Kier molecular flexibility index (Phi) is 5.76. The summed E-state index contributed by atoms with van der Waals surface area (Å²) in [5.74, 6) is 0. The molecule has 0 aliphatic carbocycles. The van der Waals surface area contributed by atoms with E-state index >= 15 is 0 Å². The maximum Gasteiger partial charge on any atom is 0.0745 e.